The summed E-state index contributed by atoms with van der Waals surface area (Å²) in [4.78, 5) is 3.27. The Bertz CT molecular complexity index is 260. The van der Waals surface area contributed by atoms with Crippen molar-refractivity contribution >= 4 is 0 Å². The number of nitrogens with two attached hydrogens (primary N) is 1. The van der Waals surface area contributed by atoms with E-state index in [1.54, 1.807) is 0 Å². The number of halogens is 2. The first-order valence-corrected chi connectivity index (χ1v) is 3.32. The molecule has 3 N–H and O–H groups in total. The number of hydrogen-bond acceptors (Lipinski definition) is 3. The third-order valence-corrected chi connectivity index (χ3v) is 1.46. The number of hydrogen-bond donors (Lipinski definition) is 2. The van der Waals surface area contributed by atoms with Crippen molar-refractivity contribution in [3.05, 3.63) is 29.6 Å². The monoisotopic (exact) mass is 174 g/mol. The Kier molecular flexibility index (Phi) is 2.67. The normalized spacial score (nSPS) is 13.0. The van der Waals surface area contributed by atoms with Crippen molar-refractivity contribution in [1.29, 1.82) is 0 Å². The molecule has 0 aliphatic heterocycles. The molecule has 1 atom stereocenters. The summed E-state index contributed by atoms with van der Waals surface area (Å²) in [6.45, 7) is -0.502. The van der Waals surface area contributed by atoms with E-state index < -0.39 is 24.3 Å². The highest BCUT2D eigenvalue weighted by Crippen LogP contribution is 2.16. The van der Waals surface area contributed by atoms with Gasteiger partial charge in [-0.2, -0.15) is 0 Å². The van der Waals surface area contributed by atoms with E-state index in [9.17, 15) is 8.78 Å². The first-order valence-electron chi connectivity index (χ1n) is 3.32. The van der Waals surface area contributed by atoms with Crippen molar-refractivity contribution in [2.45, 2.75) is 6.04 Å². The summed E-state index contributed by atoms with van der Waals surface area (Å²) in [6, 6.07) is -1.03. The van der Waals surface area contributed by atoms with Crippen molar-refractivity contribution in [2.75, 3.05) is 6.61 Å². The summed E-state index contributed by atoms with van der Waals surface area (Å²) < 4.78 is 25.6. The molecule has 0 aliphatic carbocycles. The highest BCUT2D eigenvalue weighted by molar-refractivity contribution is 5.19. The van der Waals surface area contributed by atoms with E-state index in [0.29, 0.717) is 0 Å². The predicted octanol–water partition coefficient (Wildman–Crippen LogP) is 0.352. The van der Waals surface area contributed by atoms with E-state index in [1.807, 2.05) is 0 Å². The van der Waals surface area contributed by atoms with Gasteiger partial charge in [0.25, 0.3) is 0 Å². The third-order valence-electron chi connectivity index (χ3n) is 1.46. The lowest BCUT2D eigenvalue weighted by molar-refractivity contribution is 0.262. The molecule has 0 saturated carbocycles. The molecule has 0 aliphatic rings. The molecular formula is C7H8F2N2O. The van der Waals surface area contributed by atoms with Gasteiger partial charge in [0.1, 0.15) is 11.6 Å². The fraction of sp³-hybridized carbons (Fsp3) is 0.286. The van der Waals surface area contributed by atoms with Crippen molar-refractivity contribution < 1.29 is 13.9 Å². The Balaban J connectivity index is 3.12. The average molecular weight is 174 g/mol. The Hall–Kier alpha value is -1.07. The van der Waals surface area contributed by atoms with Crippen molar-refractivity contribution in [3.8, 4) is 0 Å². The number of pyridine rings is 1. The van der Waals surface area contributed by atoms with Gasteiger partial charge in [-0.1, -0.05) is 0 Å². The molecule has 0 amide bonds. The minimum atomic E-state index is -1.03. The quantitative estimate of drug-likeness (QED) is 0.680. The van der Waals surface area contributed by atoms with E-state index in [2.05, 4.69) is 4.98 Å². The molecule has 0 spiro atoms. The molecule has 1 aromatic rings. The van der Waals surface area contributed by atoms with Gasteiger partial charge in [-0.15, -0.1) is 0 Å². The van der Waals surface area contributed by atoms with Crippen LogP contribution in [0, 0.1) is 11.6 Å². The van der Waals surface area contributed by atoms with Gasteiger partial charge in [0, 0.05) is 5.56 Å². The van der Waals surface area contributed by atoms with Gasteiger partial charge in [0.05, 0.1) is 25.0 Å². The Morgan fingerprint density at radius 3 is 2.33 bits per heavy atom. The fourth-order valence-corrected chi connectivity index (χ4v) is 0.867. The molecule has 1 aromatic heterocycles. The highest BCUT2D eigenvalue weighted by atomic mass is 19.1. The summed E-state index contributed by atoms with van der Waals surface area (Å²) in [5.41, 5.74) is 4.91. The molecule has 0 saturated heterocycles. The molecule has 0 bridgehead atoms. The second kappa shape index (κ2) is 3.55. The van der Waals surface area contributed by atoms with Crippen LogP contribution in [-0.2, 0) is 0 Å². The largest absolute Gasteiger partial charge is 0.394 e. The Morgan fingerprint density at radius 1 is 1.42 bits per heavy atom. The van der Waals surface area contributed by atoms with Crippen LogP contribution in [0.15, 0.2) is 12.4 Å². The molecular weight excluding hydrogens is 166 g/mol. The molecule has 12 heavy (non-hydrogen) atoms. The van der Waals surface area contributed by atoms with E-state index in [4.69, 9.17) is 10.8 Å². The fourth-order valence-electron chi connectivity index (χ4n) is 0.867. The smallest absolute Gasteiger partial charge is 0.149 e. The van der Waals surface area contributed by atoms with Crippen LogP contribution in [0.25, 0.3) is 0 Å². The maximum absolute atomic E-state index is 12.8. The first kappa shape index (κ1) is 9.02. The number of aliphatic hydroxyl groups excluding tert-OH is 1. The van der Waals surface area contributed by atoms with Crippen LogP contribution in [0.5, 0.6) is 0 Å². The summed E-state index contributed by atoms with van der Waals surface area (Å²) in [5, 5.41) is 8.56. The summed E-state index contributed by atoms with van der Waals surface area (Å²) >= 11 is 0. The van der Waals surface area contributed by atoms with Crippen LogP contribution < -0.4 is 5.73 Å². The van der Waals surface area contributed by atoms with E-state index in [1.165, 1.54) is 0 Å². The first-order chi connectivity index (χ1) is 5.66. The van der Waals surface area contributed by atoms with Gasteiger partial charge in [-0.05, 0) is 0 Å². The lowest BCUT2D eigenvalue weighted by Gasteiger charge is -2.09. The van der Waals surface area contributed by atoms with Crippen LogP contribution in [0.3, 0.4) is 0 Å². The molecule has 5 heteroatoms. The predicted molar refractivity (Wildman–Crippen MR) is 38.2 cm³/mol. The van der Waals surface area contributed by atoms with Crippen LogP contribution in [0.4, 0.5) is 8.78 Å². The molecule has 1 rings (SSSR count). The minimum absolute atomic E-state index is 0.326. The van der Waals surface area contributed by atoms with Crippen LogP contribution in [0.2, 0.25) is 0 Å². The van der Waals surface area contributed by atoms with Gasteiger partial charge in [-0.3, -0.25) is 4.98 Å². The van der Waals surface area contributed by atoms with E-state index >= 15 is 0 Å². The number of rotatable bonds is 2. The van der Waals surface area contributed by atoms with Crippen molar-refractivity contribution in [1.82, 2.24) is 4.98 Å². The Morgan fingerprint density at radius 2 is 1.92 bits per heavy atom. The molecule has 1 heterocycles. The van der Waals surface area contributed by atoms with Crippen LogP contribution in [0.1, 0.15) is 11.6 Å². The van der Waals surface area contributed by atoms with Gasteiger partial charge in [-0.25, -0.2) is 8.78 Å². The maximum Gasteiger partial charge on any atom is 0.149 e. The van der Waals surface area contributed by atoms with Crippen molar-refractivity contribution in [3.63, 3.8) is 0 Å². The summed E-state index contributed by atoms with van der Waals surface area (Å²) in [7, 11) is 0. The molecule has 66 valence electrons. The second-order valence-electron chi connectivity index (χ2n) is 2.31. The SMILES string of the molecule is N[C@H](CO)c1c(F)cncc1F. The minimum Gasteiger partial charge on any atom is -0.394 e. The van der Waals surface area contributed by atoms with E-state index in [-0.39, 0.29) is 5.56 Å². The number of aliphatic hydroxyl groups is 1. The third kappa shape index (κ3) is 1.57. The van der Waals surface area contributed by atoms with Gasteiger partial charge < -0.3 is 10.8 Å². The van der Waals surface area contributed by atoms with Gasteiger partial charge >= 0.3 is 0 Å². The lowest BCUT2D eigenvalue weighted by atomic mass is 10.1. The number of nitrogens with zero attached hydrogens (tertiary/aromatic N) is 1. The average Bonchev–Trinajstić information content (AvgIpc) is 2.03. The van der Waals surface area contributed by atoms with Gasteiger partial charge in [0.15, 0.2) is 0 Å². The standard InChI is InChI=1S/C7H8F2N2O/c8-4-1-11-2-5(9)7(4)6(10)3-12/h1-2,6,12H,3,10H2/t6-/m1/s1. The lowest BCUT2D eigenvalue weighted by Crippen LogP contribution is -2.18. The number of aromatic nitrogens is 1. The van der Waals surface area contributed by atoms with E-state index in [0.717, 1.165) is 12.4 Å². The zero-order valence-corrected chi connectivity index (χ0v) is 6.17. The van der Waals surface area contributed by atoms with Gasteiger partial charge in [0.2, 0.25) is 0 Å². The molecule has 0 fully saturated rings. The second-order valence-corrected chi connectivity index (χ2v) is 2.31. The van der Waals surface area contributed by atoms with Crippen molar-refractivity contribution in [2.24, 2.45) is 5.73 Å². The molecule has 0 aromatic carbocycles. The summed E-state index contributed by atoms with van der Waals surface area (Å²) in [6.07, 6.45) is 1.71. The molecule has 0 unspecified atom stereocenters. The van der Waals surface area contributed by atoms with Crippen LogP contribution in [-0.4, -0.2) is 16.7 Å². The summed E-state index contributed by atoms with van der Waals surface area (Å²) in [5.74, 6) is -1.67. The zero-order valence-electron chi connectivity index (χ0n) is 6.17. The maximum atomic E-state index is 12.8. The topological polar surface area (TPSA) is 59.1 Å². The van der Waals surface area contributed by atoms with Crippen LogP contribution >= 0.6 is 0 Å². The molecule has 3 nitrogen and oxygen atoms in total. The zero-order chi connectivity index (χ0) is 9.14. The molecule has 0 radical (unpaired) electrons. The highest BCUT2D eigenvalue weighted by Gasteiger charge is 2.15. The Labute approximate surface area is 67.8 Å².